The molecule has 1 nitrogen and oxygen atoms in total. The molecule has 4 fully saturated rings. The summed E-state index contributed by atoms with van der Waals surface area (Å²) < 4.78 is 0. The van der Waals surface area contributed by atoms with Crippen molar-refractivity contribution in [1.29, 1.82) is 0 Å². The van der Waals surface area contributed by atoms with Gasteiger partial charge in [0.25, 0.3) is 0 Å². The summed E-state index contributed by atoms with van der Waals surface area (Å²) in [6.07, 6.45) is 9.32. The minimum absolute atomic E-state index is 0.592. The van der Waals surface area contributed by atoms with Crippen LogP contribution in [0.2, 0.25) is 0 Å². The van der Waals surface area contributed by atoms with Gasteiger partial charge in [0.1, 0.15) is 7.85 Å². The second-order valence-electron chi connectivity index (χ2n) is 6.87. The number of aliphatic imine (C=N–C) groups is 1. The molecule has 0 atom stereocenters. The predicted octanol–water partition coefficient (Wildman–Crippen LogP) is 2.72. The van der Waals surface area contributed by atoms with Gasteiger partial charge in [-0.05, 0) is 61.3 Å². The van der Waals surface area contributed by atoms with Crippen LogP contribution in [0, 0.1) is 23.7 Å². The highest BCUT2D eigenvalue weighted by Gasteiger charge is 2.47. The van der Waals surface area contributed by atoms with Crippen LogP contribution in [0.1, 0.15) is 37.7 Å². The van der Waals surface area contributed by atoms with Crippen molar-refractivity contribution in [1.82, 2.24) is 0 Å². The van der Waals surface area contributed by atoms with Crippen molar-refractivity contribution in [3.8, 4) is 0 Å². The summed E-state index contributed by atoms with van der Waals surface area (Å²) in [6, 6.07) is 8.64. The van der Waals surface area contributed by atoms with Gasteiger partial charge in [-0.3, -0.25) is 4.99 Å². The van der Waals surface area contributed by atoms with Gasteiger partial charge in [0.2, 0.25) is 0 Å². The van der Waals surface area contributed by atoms with Crippen molar-refractivity contribution in [3.05, 3.63) is 29.8 Å². The van der Waals surface area contributed by atoms with Crippen LogP contribution in [0.15, 0.2) is 29.3 Å². The van der Waals surface area contributed by atoms with E-state index in [1.54, 1.807) is 0 Å². The van der Waals surface area contributed by atoms with E-state index in [-0.39, 0.29) is 0 Å². The van der Waals surface area contributed by atoms with Crippen LogP contribution in [0.5, 0.6) is 0 Å². The van der Waals surface area contributed by atoms with Gasteiger partial charge in [-0.2, -0.15) is 0 Å². The molecule has 4 saturated carbocycles. The van der Waals surface area contributed by atoms with E-state index in [9.17, 15) is 0 Å². The number of nitrogens with zero attached hydrogens (tertiary/aromatic N) is 1. The topological polar surface area (TPSA) is 12.4 Å². The fourth-order valence-corrected chi connectivity index (χ4v) is 4.95. The Bertz CT molecular complexity index is 480. The molecule has 1 aromatic carbocycles. The zero-order valence-corrected chi connectivity index (χ0v) is 11.3. The highest BCUT2D eigenvalue weighted by atomic mass is 14.8. The third-order valence-electron chi connectivity index (χ3n) is 5.48. The highest BCUT2D eigenvalue weighted by Crippen LogP contribution is 2.54. The molecule has 4 aliphatic carbocycles. The van der Waals surface area contributed by atoms with E-state index in [1.807, 2.05) is 18.2 Å². The van der Waals surface area contributed by atoms with Crippen molar-refractivity contribution < 1.29 is 0 Å². The third-order valence-corrected chi connectivity index (χ3v) is 5.48. The fraction of sp³-hybridized carbons (Fsp3) is 0.588. The lowest BCUT2D eigenvalue weighted by Gasteiger charge is -2.53. The molecule has 4 aliphatic rings. The Morgan fingerprint density at radius 1 is 1.00 bits per heavy atom. The molecule has 0 aromatic heterocycles. The van der Waals surface area contributed by atoms with Crippen molar-refractivity contribution in [2.75, 3.05) is 0 Å². The molecule has 0 saturated heterocycles. The number of hydrogen-bond donors (Lipinski definition) is 0. The zero-order chi connectivity index (χ0) is 12.8. The maximum atomic E-state index is 5.82. The minimum atomic E-state index is 0.592. The first-order valence-electron chi connectivity index (χ1n) is 7.66. The summed E-state index contributed by atoms with van der Waals surface area (Å²) in [5.41, 5.74) is 1.97. The summed E-state index contributed by atoms with van der Waals surface area (Å²) in [6.45, 7) is 0. The second-order valence-corrected chi connectivity index (χ2v) is 6.87. The quantitative estimate of drug-likeness (QED) is 0.564. The van der Waals surface area contributed by atoms with Crippen molar-refractivity contribution >= 4 is 19.5 Å². The molecule has 5 rings (SSSR count). The summed E-state index contributed by atoms with van der Waals surface area (Å²) in [4.78, 5) is 4.95. The molecule has 0 N–H and O–H groups in total. The van der Waals surface area contributed by atoms with E-state index in [2.05, 4.69) is 12.3 Å². The standard InChI is InChI=1S/C17H20BN/c18-16-3-1-2-11(9-16)10-19-17-14-5-12-4-13(7-14)8-15(17)6-12/h1-3,9-10,12-15,17H,4-8H2. The van der Waals surface area contributed by atoms with E-state index in [1.165, 1.54) is 32.1 Å². The summed E-state index contributed by atoms with van der Waals surface area (Å²) >= 11 is 0. The number of rotatable bonds is 2. The van der Waals surface area contributed by atoms with Crippen LogP contribution < -0.4 is 5.46 Å². The Hall–Kier alpha value is -1.05. The van der Waals surface area contributed by atoms with E-state index in [4.69, 9.17) is 12.8 Å². The largest absolute Gasteiger partial charge is 0.289 e. The molecular weight excluding hydrogens is 229 g/mol. The van der Waals surface area contributed by atoms with E-state index in [0.29, 0.717) is 6.04 Å². The molecule has 0 heterocycles. The van der Waals surface area contributed by atoms with Crippen molar-refractivity contribution in [3.63, 3.8) is 0 Å². The van der Waals surface area contributed by atoms with Gasteiger partial charge in [0.05, 0.1) is 6.04 Å². The van der Waals surface area contributed by atoms with Gasteiger partial charge in [-0.1, -0.05) is 29.7 Å². The Kier molecular flexibility index (Phi) is 2.79. The van der Waals surface area contributed by atoms with Gasteiger partial charge in [0.15, 0.2) is 0 Å². The van der Waals surface area contributed by atoms with Gasteiger partial charge >= 0.3 is 0 Å². The van der Waals surface area contributed by atoms with Crippen LogP contribution in [0.3, 0.4) is 0 Å². The Balaban J connectivity index is 1.54. The summed E-state index contributed by atoms with van der Waals surface area (Å²) in [5, 5.41) is 0. The lowest BCUT2D eigenvalue weighted by atomic mass is 9.54. The second kappa shape index (κ2) is 4.50. The predicted molar refractivity (Wildman–Crippen MR) is 80.3 cm³/mol. The van der Waals surface area contributed by atoms with Crippen LogP contribution in [0.4, 0.5) is 0 Å². The lowest BCUT2D eigenvalue weighted by Crippen LogP contribution is -2.47. The lowest BCUT2D eigenvalue weighted by molar-refractivity contribution is 0.00146. The first-order valence-corrected chi connectivity index (χ1v) is 7.66. The molecule has 2 heteroatoms. The average molecular weight is 249 g/mol. The van der Waals surface area contributed by atoms with Gasteiger partial charge < -0.3 is 0 Å². The molecule has 0 spiro atoms. The Labute approximate surface area is 116 Å². The third kappa shape index (κ3) is 2.15. The Morgan fingerprint density at radius 3 is 2.32 bits per heavy atom. The fourth-order valence-electron chi connectivity index (χ4n) is 4.95. The summed E-state index contributed by atoms with van der Waals surface area (Å²) in [7, 11) is 5.82. The van der Waals surface area contributed by atoms with Crippen LogP contribution >= 0.6 is 0 Å². The van der Waals surface area contributed by atoms with E-state index >= 15 is 0 Å². The smallest absolute Gasteiger partial charge is 0.113 e. The minimum Gasteiger partial charge on any atom is -0.289 e. The Morgan fingerprint density at radius 2 is 1.68 bits per heavy atom. The first-order chi connectivity index (χ1) is 9.28. The maximum Gasteiger partial charge on any atom is 0.113 e. The van der Waals surface area contributed by atoms with E-state index in [0.717, 1.165) is 34.7 Å². The van der Waals surface area contributed by atoms with Crippen LogP contribution in [-0.4, -0.2) is 20.1 Å². The molecular formula is C17H20BN. The maximum absolute atomic E-state index is 5.82. The SMILES string of the molecule is [B]c1cccc(C=NC2C3CC4CC(C3)CC2C4)c1. The molecule has 96 valence electrons. The first kappa shape index (κ1) is 11.8. The molecule has 0 amide bonds. The number of benzene rings is 1. The van der Waals surface area contributed by atoms with Crippen LogP contribution in [0.25, 0.3) is 0 Å². The molecule has 0 aliphatic heterocycles. The molecule has 1 aromatic rings. The average Bonchev–Trinajstić information content (AvgIpc) is 2.37. The zero-order valence-electron chi connectivity index (χ0n) is 11.3. The normalized spacial score (nSPS) is 40.1. The molecule has 4 bridgehead atoms. The van der Waals surface area contributed by atoms with Crippen molar-refractivity contribution in [2.45, 2.75) is 38.1 Å². The summed E-state index contributed by atoms with van der Waals surface area (Å²) in [5.74, 6) is 3.80. The van der Waals surface area contributed by atoms with Gasteiger partial charge in [-0.25, -0.2) is 0 Å². The monoisotopic (exact) mass is 249 g/mol. The highest BCUT2D eigenvalue weighted by molar-refractivity contribution is 6.32. The number of hydrogen-bond acceptors (Lipinski definition) is 1. The van der Waals surface area contributed by atoms with Gasteiger partial charge in [-0.15, -0.1) is 0 Å². The van der Waals surface area contributed by atoms with Gasteiger partial charge in [0, 0.05) is 6.21 Å². The van der Waals surface area contributed by atoms with Crippen molar-refractivity contribution in [2.24, 2.45) is 28.7 Å². The molecule has 2 radical (unpaired) electrons. The molecule has 0 unspecified atom stereocenters. The van der Waals surface area contributed by atoms with Crippen LogP contribution in [-0.2, 0) is 0 Å². The van der Waals surface area contributed by atoms with E-state index < -0.39 is 0 Å². The molecule has 19 heavy (non-hydrogen) atoms.